The molecule has 0 saturated heterocycles. The predicted molar refractivity (Wildman–Crippen MR) is 126 cm³/mol. The smallest absolute Gasteiger partial charge is 0.319 e. The maximum absolute atomic E-state index is 12.9. The lowest BCUT2D eigenvalue weighted by molar-refractivity contribution is -0.116. The Bertz CT molecular complexity index is 898. The number of halogens is 1. The van der Waals surface area contributed by atoms with Crippen molar-refractivity contribution in [3.05, 3.63) is 41.0 Å². The van der Waals surface area contributed by atoms with E-state index in [0.717, 1.165) is 17.8 Å². The predicted octanol–water partition coefficient (Wildman–Crippen LogP) is 4.79. The zero-order valence-corrected chi connectivity index (χ0v) is 20.3. The van der Waals surface area contributed by atoms with Crippen LogP contribution in [0, 0.1) is 5.92 Å². The van der Waals surface area contributed by atoms with E-state index in [2.05, 4.69) is 39.9 Å². The van der Waals surface area contributed by atoms with Crippen molar-refractivity contribution in [2.24, 2.45) is 5.92 Å². The molecule has 0 spiro atoms. The van der Waals surface area contributed by atoms with Gasteiger partial charge in [-0.15, -0.1) is 0 Å². The third kappa shape index (κ3) is 6.99. The van der Waals surface area contributed by atoms with Crippen molar-refractivity contribution < 1.29 is 9.59 Å². The van der Waals surface area contributed by atoms with Crippen LogP contribution in [0.4, 0.5) is 10.6 Å². The van der Waals surface area contributed by atoms with Crippen LogP contribution in [0.3, 0.4) is 0 Å². The Labute approximate surface area is 190 Å². The zero-order chi connectivity index (χ0) is 23.3. The van der Waals surface area contributed by atoms with Gasteiger partial charge in [-0.2, -0.15) is 5.10 Å². The van der Waals surface area contributed by atoms with E-state index >= 15 is 0 Å². The molecule has 1 heterocycles. The van der Waals surface area contributed by atoms with Crippen LogP contribution in [0.15, 0.2) is 30.3 Å². The Morgan fingerprint density at radius 3 is 2.29 bits per heavy atom. The number of carbonyl (C=O) groups excluding carboxylic acids is 2. The summed E-state index contributed by atoms with van der Waals surface area (Å²) >= 11 is 6.02. The number of aromatic nitrogens is 2. The fraction of sp³-hybridized carbons (Fsp3) is 0.522. The Kier molecular flexibility index (Phi) is 8.12. The van der Waals surface area contributed by atoms with E-state index in [-0.39, 0.29) is 23.9 Å². The molecule has 0 aliphatic heterocycles. The van der Waals surface area contributed by atoms with Gasteiger partial charge in [0.05, 0.1) is 11.4 Å². The Hall–Kier alpha value is -2.54. The van der Waals surface area contributed by atoms with E-state index in [1.54, 1.807) is 35.8 Å². The molecule has 0 unspecified atom stereocenters. The van der Waals surface area contributed by atoms with E-state index in [1.165, 1.54) is 4.90 Å². The Balaban J connectivity index is 2.28. The highest BCUT2D eigenvalue weighted by Crippen LogP contribution is 2.27. The fourth-order valence-electron chi connectivity index (χ4n) is 2.91. The highest BCUT2D eigenvalue weighted by Gasteiger charge is 2.23. The lowest BCUT2D eigenvalue weighted by atomic mass is 9.92. The molecule has 7 nitrogen and oxygen atoms in total. The summed E-state index contributed by atoms with van der Waals surface area (Å²) < 4.78 is 1.70. The van der Waals surface area contributed by atoms with Crippen LogP contribution in [0.25, 0.3) is 5.69 Å². The lowest BCUT2D eigenvalue weighted by Gasteiger charge is -2.26. The van der Waals surface area contributed by atoms with E-state index < -0.39 is 0 Å². The second-order valence-electron chi connectivity index (χ2n) is 9.38. The van der Waals surface area contributed by atoms with E-state index in [9.17, 15) is 9.59 Å². The van der Waals surface area contributed by atoms with Crippen molar-refractivity contribution in [1.29, 1.82) is 0 Å². The number of urea groups is 1. The minimum Gasteiger partial charge on any atom is -0.331 e. The molecule has 2 rings (SSSR count). The average molecular weight is 448 g/mol. The minimum atomic E-state index is -0.269. The number of amides is 3. The molecule has 1 aromatic heterocycles. The van der Waals surface area contributed by atoms with Crippen LogP contribution in [-0.4, -0.2) is 58.7 Å². The summed E-state index contributed by atoms with van der Waals surface area (Å²) in [5.41, 5.74) is 1.44. The standard InChI is InChI=1S/C23H34ClN5O2/c1-16(2)12-13-28(22(31)27(6)7)15-21(30)25-20-14-19(23(3,4)5)26-29(20)18-10-8-17(24)9-11-18/h8-11,14,16H,12-13,15H2,1-7H3,(H,25,30). The highest BCUT2D eigenvalue weighted by atomic mass is 35.5. The second-order valence-corrected chi connectivity index (χ2v) is 9.82. The maximum Gasteiger partial charge on any atom is 0.319 e. The molecule has 0 fully saturated rings. The van der Waals surface area contributed by atoms with E-state index in [4.69, 9.17) is 16.7 Å². The van der Waals surface area contributed by atoms with Crippen LogP contribution in [0.1, 0.15) is 46.7 Å². The van der Waals surface area contributed by atoms with Gasteiger partial charge in [-0.3, -0.25) is 4.79 Å². The number of hydrogen-bond donors (Lipinski definition) is 1. The van der Waals surface area contributed by atoms with Crippen molar-refractivity contribution in [2.45, 2.75) is 46.5 Å². The van der Waals surface area contributed by atoms with Crippen molar-refractivity contribution >= 4 is 29.4 Å². The van der Waals surface area contributed by atoms with Gasteiger partial charge < -0.3 is 15.1 Å². The molecule has 0 atom stereocenters. The first kappa shape index (κ1) is 24.7. The van der Waals surface area contributed by atoms with Crippen molar-refractivity contribution in [3.8, 4) is 5.69 Å². The first-order valence-corrected chi connectivity index (χ1v) is 10.9. The molecular formula is C23H34ClN5O2. The van der Waals surface area contributed by atoms with Gasteiger partial charge in [-0.05, 0) is 36.6 Å². The van der Waals surface area contributed by atoms with Gasteiger partial charge in [0.25, 0.3) is 0 Å². The van der Waals surface area contributed by atoms with Gasteiger partial charge in [0.15, 0.2) is 0 Å². The minimum absolute atomic E-state index is 0.0274. The summed E-state index contributed by atoms with van der Waals surface area (Å²) in [6.07, 6.45) is 0.823. The van der Waals surface area contributed by atoms with E-state index in [1.807, 2.05) is 18.2 Å². The second kappa shape index (κ2) is 10.2. The van der Waals surface area contributed by atoms with Crippen molar-refractivity contribution in [1.82, 2.24) is 19.6 Å². The first-order valence-electron chi connectivity index (χ1n) is 10.5. The molecule has 0 saturated carbocycles. The molecule has 0 aliphatic rings. The van der Waals surface area contributed by atoms with Gasteiger partial charge in [0.1, 0.15) is 12.4 Å². The molecule has 1 aromatic carbocycles. The molecule has 0 bridgehead atoms. The molecule has 1 N–H and O–H groups in total. The molecule has 31 heavy (non-hydrogen) atoms. The maximum atomic E-state index is 12.9. The summed E-state index contributed by atoms with van der Waals surface area (Å²) in [6.45, 7) is 10.9. The van der Waals surface area contributed by atoms with Crippen LogP contribution >= 0.6 is 11.6 Å². The van der Waals surface area contributed by atoms with Gasteiger partial charge >= 0.3 is 6.03 Å². The Morgan fingerprint density at radius 1 is 1.16 bits per heavy atom. The fourth-order valence-corrected chi connectivity index (χ4v) is 3.04. The number of benzene rings is 1. The molecule has 170 valence electrons. The number of hydrogen-bond acceptors (Lipinski definition) is 3. The number of anilines is 1. The summed E-state index contributed by atoms with van der Waals surface area (Å²) in [7, 11) is 3.38. The quantitative estimate of drug-likeness (QED) is 0.663. The monoisotopic (exact) mass is 447 g/mol. The third-order valence-electron chi connectivity index (χ3n) is 4.78. The van der Waals surface area contributed by atoms with Crippen LogP contribution < -0.4 is 5.32 Å². The zero-order valence-electron chi connectivity index (χ0n) is 19.6. The van der Waals surface area contributed by atoms with E-state index in [0.29, 0.717) is 23.3 Å². The number of carbonyl (C=O) groups is 2. The van der Waals surface area contributed by atoms with Crippen molar-refractivity contribution in [2.75, 3.05) is 32.5 Å². The van der Waals surface area contributed by atoms with Gasteiger partial charge in [-0.25, -0.2) is 9.48 Å². The van der Waals surface area contributed by atoms with Gasteiger partial charge in [0.2, 0.25) is 5.91 Å². The summed E-state index contributed by atoms with van der Waals surface area (Å²) in [4.78, 5) is 28.5. The van der Waals surface area contributed by atoms with Crippen LogP contribution in [0.2, 0.25) is 5.02 Å². The molecule has 8 heteroatoms. The molecular weight excluding hydrogens is 414 g/mol. The highest BCUT2D eigenvalue weighted by molar-refractivity contribution is 6.30. The van der Waals surface area contributed by atoms with Gasteiger partial charge in [0, 0.05) is 37.1 Å². The Morgan fingerprint density at radius 2 is 1.77 bits per heavy atom. The van der Waals surface area contributed by atoms with Crippen LogP contribution in [0.5, 0.6) is 0 Å². The summed E-state index contributed by atoms with van der Waals surface area (Å²) in [5.74, 6) is 0.717. The summed E-state index contributed by atoms with van der Waals surface area (Å²) in [5, 5.41) is 8.28. The average Bonchev–Trinajstić information content (AvgIpc) is 3.09. The topological polar surface area (TPSA) is 70.5 Å². The molecule has 0 aliphatic carbocycles. The molecule has 3 amide bonds. The van der Waals surface area contributed by atoms with Crippen LogP contribution in [-0.2, 0) is 10.2 Å². The third-order valence-corrected chi connectivity index (χ3v) is 5.03. The summed E-state index contributed by atoms with van der Waals surface area (Å²) in [6, 6.07) is 8.95. The number of nitrogens with one attached hydrogen (secondary N) is 1. The lowest BCUT2D eigenvalue weighted by Crippen LogP contribution is -2.44. The first-order chi connectivity index (χ1) is 14.4. The normalized spacial score (nSPS) is 11.5. The number of rotatable bonds is 7. The number of nitrogens with zero attached hydrogens (tertiary/aromatic N) is 4. The van der Waals surface area contributed by atoms with Gasteiger partial charge in [-0.1, -0.05) is 46.2 Å². The largest absolute Gasteiger partial charge is 0.331 e. The molecule has 0 radical (unpaired) electrons. The molecule has 2 aromatic rings. The SMILES string of the molecule is CC(C)CCN(CC(=O)Nc1cc(C(C)(C)C)nn1-c1ccc(Cl)cc1)C(=O)N(C)C. The van der Waals surface area contributed by atoms with Crippen molar-refractivity contribution in [3.63, 3.8) is 0 Å².